The molecule has 0 aliphatic carbocycles. The minimum Gasteiger partial charge on any atom is -1.00 e. The first-order valence-electron chi connectivity index (χ1n) is 6.45. The summed E-state index contributed by atoms with van der Waals surface area (Å²) < 4.78 is 0.663. The molecule has 20 heavy (non-hydrogen) atoms. The Labute approximate surface area is 123 Å². The van der Waals surface area contributed by atoms with Crippen molar-refractivity contribution in [2.45, 2.75) is 12.8 Å². The molecule has 0 atom stereocenters. The van der Waals surface area contributed by atoms with Crippen LogP contribution in [0.15, 0.2) is 18.2 Å². The number of carbonyl (C=O) groups is 1. The summed E-state index contributed by atoms with van der Waals surface area (Å²) >= 11 is 0. The average Bonchev–Trinajstić information content (AvgIpc) is 2.85. The number of anilines is 1. The lowest BCUT2D eigenvalue weighted by Crippen LogP contribution is -3.00. The summed E-state index contributed by atoms with van der Waals surface area (Å²) in [6.45, 7) is 2.37. The van der Waals surface area contributed by atoms with Gasteiger partial charge in [0.2, 0.25) is 0 Å². The molecule has 7 heteroatoms. The Kier molecular flexibility index (Phi) is 3.71. The summed E-state index contributed by atoms with van der Waals surface area (Å²) in [5.74, 6) is 0.0369. The average molecular weight is 298 g/mol. The van der Waals surface area contributed by atoms with Crippen LogP contribution in [0.3, 0.4) is 0 Å². The topological polar surface area (TPSA) is 63.5 Å². The number of non-ortho nitro benzene ring substituents is 1. The molecule has 0 bridgehead atoms. The van der Waals surface area contributed by atoms with E-state index in [0.717, 1.165) is 31.6 Å². The molecule has 6 nitrogen and oxygen atoms in total. The zero-order valence-corrected chi connectivity index (χ0v) is 12.0. The van der Waals surface area contributed by atoms with Gasteiger partial charge in [-0.25, -0.2) is 0 Å². The zero-order valence-electron chi connectivity index (χ0n) is 11.2. The predicted octanol–water partition coefficient (Wildman–Crippen LogP) is -1.32. The number of hydrogen-bond donors (Lipinski definition) is 0. The van der Waals surface area contributed by atoms with Crippen molar-refractivity contribution in [1.82, 2.24) is 4.48 Å². The number of nitrogens with zero attached hydrogens (tertiary/aromatic N) is 3. The number of fused-ring (bicyclic) bond motifs is 2. The molecular weight excluding hydrogens is 282 g/mol. The minimum atomic E-state index is -0.415. The lowest BCUT2D eigenvalue weighted by molar-refractivity contribution is -0.384. The van der Waals surface area contributed by atoms with E-state index in [1.807, 2.05) is 6.07 Å². The van der Waals surface area contributed by atoms with Crippen LogP contribution in [0.4, 0.5) is 17.1 Å². The first kappa shape index (κ1) is 14.7. The monoisotopic (exact) mass is 297 g/mol. The molecule has 1 aromatic carbocycles. The van der Waals surface area contributed by atoms with E-state index in [-0.39, 0.29) is 24.0 Å². The van der Waals surface area contributed by atoms with Gasteiger partial charge in [0.05, 0.1) is 18.0 Å². The fourth-order valence-electron chi connectivity index (χ4n) is 3.22. The number of rotatable bonds is 1. The van der Waals surface area contributed by atoms with Crippen molar-refractivity contribution >= 4 is 23.0 Å². The second-order valence-corrected chi connectivity index (χ2v) is 5.34. The first-order valence-corrected chi connectivity index (χ1v) is 6.45. The molecule has 1 fully saturated rings. The predicted molar refractivity (Wildman–Crippen MR) is 72.1 cm³/mol. The number of halogens is 1. The van der Waals surface area contributed by atoms with Gasteiger partial charge in [-0.3, -0.25) is 19.4 Å². The first-order chi connectivity index (χ1) is 9.03. The molecule has 0 N–H and O–H groups in total. The highest BCUT2D eigenvalue weighted by atomic mass is 35.5. The van der Waals surface area contributed by atoms with Crippen molar-refractivity contribution < 1.29 is 22.1 Å². The van der Waals surface area contributed by atoms with Crippen LogP contribution in [-0.4, -0.2) is 37.5 Å². The summed E-state index contributed by atoms with van der Waals surface area (Å²) in [6.07, 6.45) is 2.21. The number of amides is 1. The van der Waals surface area contributed by atoms with E-state index in [2.05, 4.69) is 0 Å². The number of likely N-dealkylation sites (N-methyl/N-ethyl adjacent to an activating group) is 1. The van der Waals surface area contributed by atoms with Crippen molar-refractivity contribution in [3.05, 3.63) is 28.3 Å². The number of nitro benzene ring substituents is 1. The fourth-order valence-corrected chi connectivity index (χ4v) is 3.22. The highest BCUT2D eigenvalue weighted by molar-refractivity contribution is 6.02. The van der Waals surface area contributed by atoms with Crippen LogP contribution in [0.5, 0.6) is 0 Å². The largest absolute Gasteiger partial charge is 1.00 e. The van der Waals surface area contributed by atoms with Crippen molar-refractivity contribution in [3.63, 3.8) is 0 Å². The summed E-state index contributed by atoms with van der Waals surface area (Å²) in [5, 5.41) is 10.9. The number of quaternary nitrogens is 1. The number of carbonyl (C=O) groups excluding carboxylic acids is 1. The van der Waals surface area contributed by atoms with Gasteiger partial charge >= 0.3 is 0 Å². The summed E-state index contributed by atoms with van der Waals surface area (Å²) in [7, 11) is 1.69. The SMILES string of the molecule is CN1C(=O)C[N+]2(CCCC2)c2ccc([N+](=O)[O-])cc21.[Cl-]. The van der Waals surface area contributed by atoms with E-state index in [1.165, 1.54) is 6.07 Å². The van der Waals surface area contributed by atoms with Crippen molar-refractivity contribution in [3.8, 4) is 0 Å². The number of hydrogen-bond acceptors (Lipinski definition) is 3. The summed E-state index contributed by atoms with van der Waals surface area (Å²) in [6, 6.07) is 4.88. The minimum absolute atomic E-state index is 0. The molecule has 1 saturated heterocycles. The number of nitro groups is 1. The van der Waals surface area contributed by atoms with Gasteiger partial charge in [0.25, 0.3) is 11.6 Å². The van der Waals surface area contributed by atoms with E-state index in [0.29, 0.717) is 16.7 Å². The maximum atomic E-state index is 12.1. The molecule has 1 spiro atoms. The standard InChI is InChI=1S/C13H16N3O3.ClH/c1-14-11-8-10(15(18)19)4-5-12(11)16(9-13(14)17)6-2-3-7-16;/h4-5,8H,2-3,6-7,9H2,1H3;1H/q+1;/p-1. The summed E-state index contributed by atoms with van der Waals surface area (Å²) in [4.78, 5) is 24.2. The van der Waals surface area contributed by atoms with Crippen LogP contribution >= 0.6 is 0 Å². The van der Waals surface area contributed by atoms with E-state index < -0.39 is 4.92 Å². The molecule has 1 amide bonds. The van der Waals surface area contributed by atoms with E-state index in [4.69, 9.17) is 0 Å². The normalized spacial score (nSPS) is 19.6. The van der Waals surface area contributed by atoms with Crippen LogP contribution in [0.25, 0.3) is 0 Å². The zero-order chi connectivity index (χ0) is 13.6. The fraction of sp³-hybridized carbons (Fsp3) is 0.462. The van der Waals surface area contributed by atoms with Crippen molar-refractivity contribution in [1.29, 1.82) is 0 Å². The Morgan fingerprint density at radius 3 is 2.55 bits per heavy atom. The van der Waals surface area contributed by atoms with Gasteiger partial charge in [0, 0.05) is 38.1 Å². The maximum absolute atomic E-state index is 12.1. The molecular formula is C13H16ClN3O3. The Balaban J connectivity index is 0.00000147. The maximum Gasteiger partial charge on any atom is 0.282 e. The van der Waals surface area contributed by atoms with Gasteiger partial charge in [-0.05, 0) is 0 Å². The third-order valence-electron chi connectivity index (χ3n) is 4.28. The quantitative estimate of drug-likeness (QED) is 0.367. The van der Waals surface area contributed by atoms with Gasteiger partial charge in [-0.2, -0.15) is 0 Å². The van der Waals surface area contributed by atoms with Crippen LogP contribution in [0.2, 0.25) is 0 Å². The van der Waals surface area contributed by atoms with Gasteiger partial charge in [0.15, 0.2) is 12.2 Å². The molecule has 0 aromatic heterocycles. The highest BCUT2D eigenvalue weighted by Crippen LogP contribution is 2.42. The lowest BCUT2D eigenvalue weighted by atomic mass is 10.1. The molecule has 2 aliphatic rings. The second-order valence-electron chi connectivity index (χ2n) is 5.34. The van der Waals surface area contributed by atoms with Crippen LogP contribution in [0.1, 0.15) is 12.8 Å². The Morgan fingerprint density at radius 1 is 1.30 bits per heavy atom. The molecule has 0 radical (unpaired) electrons. The molecule has 1 aromatic rings. The van der Waals surface area contributed by atoms with Crippen LogP contribution in [-0.2, 0) is 4.79 Å². The molecule has 2 heterocycles. The van der Waals surface area contributed by atoms with E-state index in [1.54, 1.807) is 18.0 Å². The molecule has 0 saturated carbocycles. The van der Waals surface area contributed by atoms with Crippen LogP contribution in [0, 0.1) is 10.1 Å². The van der Waals surface area contributed by atoms with E-state index in [9.17, 15) is 14.9 Å². The number of benzene rings is 1. The molecule has 0 unspecified atom stereocenters. The van der Waals surface area contributed by atoms with Crippen LogP contribution < -0.4 is 21.8 Å². The van der Waals surface area contributed by atoms with E-state index >= 15 is 0 Å². The Morgan fingerprint density at radius 2 is 1.95 bits per heavy atom. The molecule has 108 valence electrons. The third-order valence-corrected chi connectivity index (χ3v) is 4.28. The van der Waals surface area contributed by atoms with Crippen molar-refractivity contribution in [2.24, 2.45) is 0 Å². The van der Waals surface area contributed by atoms with Gasteiger partial charge < -0.3 is 17.3 Å². The third kappa shape index (κ3) is 2.05. The van der Waals surface area contributed by atoms with Crippen molar-refractivity contribution in [2.75, 3.05) is 31.6 Å². The van der Waals surface area contributed by atoms with Gasteiger partial charge in [-0.15, -0.1) is 0 Å². The smallest absolute Gasteiger partial charge is 0.282 e. The Bertz CT molecular complexity index is 570. The molecule has 2 aliphatic heterocycles. The van der Waals surface area contributed by atoms with Gasteiger partial charge in [0.1, 0.15) is 5.69 Å². The highest BCUT2D eigenvalue weighted by Gasteiger charge is 2.44. The molecule has 3 rings (SSSR count). The Hall–Kier alpha value is -1.66. The lowest BCUT2D eigenvalue weighted by Gasteiger charge is -2.40. The van der Waals surface area contributed by atoms with Gasteiger partial charge in [-0.1, -0.05) is 0 Å². The summed E-state index contributed by atoms with van der Waals surface area (Å²) in [5.41, 5.74) is 1.77. The second kappa shape index (κ2) is 5.03.